The number of hydrogen-bond acceptors (Lipinski definition) is 5. The van der Waals surface area contributed by atoms with Crippen LogP contribution in [0.1, 0.15) is 25.1 Å². The topological polar surface area (TPSA) is 80.6 Å². The van der Waals surface area contributed by atoms with Crippen molar-refractivity contribution < 1.29 is 23.1 Å². The number of anilines is 2. The second kappa shape index (κ2) is 8.00. The van der Waals surface area contributed by atoms with Crippen LogP contribution in [0.15, 0.2) is 59.0 Å². The number of fused-ring (bicyclic) bond motifs is 1. The van der Waals surface area contributed by atoms with Gasteiger partial charge in [0.1, 0.15) is 11.4 Å². The fourth-order valence-corrected chi connectivity index (χ4v) is 3.77. The molecule has 4 aromatic rings. The highest BCUT2D eigenvalue weighted by molar-refractivity contribution is 7.14. The Bertz CT molecular complexity index is 1260. The third-order valence-corrected chi connectivity index (χ3v) is 5.36. The molecule has 30 heavy (non-hydrogen) atoms. The molecule has 0 fully saturated rings. The summed E-state index contributed by atoms with van der Waals surface area (Å²) in [6.45, 7) is 1.93. The van der Waals surface area contributed by atoms with Crippen LogP contribution in [0.4, 0.5) is 15.8 Å². The van der Waals surface area contributed by atoms with E-state index >= 15 is 0 Å². The molecule has 0 aliphatic carbocycles. The summed E-state index contributed by atoms with van der Waals surface area (Å²) in [6, 6.07) is 14.2. The van der Waals surface area contributed by atoms with E-state index in [2.05, 4.69) is 10.6 Å². The molecule has 4 rings (SSSR count). The van der Waals surface area contributed by atoms with Crippen molar-refractivity contribution in [2.45, 2.75) is 6.92 Å². The molecule has 0 aliphatic rings. The lowest BCUT2D eigenvalue weighted by molar-refractivity contribution is 0.0993. The maximum atomic E-state index is 13.4. The van der Waals surface area contributed by atoms with E-state index in [9.17, 15) is 14.0 Å². The maximum absolute atomic E-state index is 13.4. The summed E-state index contributed by atoms with van der Waals surface area (Å²) in [5.41, 5.74) is 1.25. The Labute approximate surface area is 175 Å². The average Bonchev–Trinajstić information content (AvgIpc) is 3.31. The number of halogens is 1. The van der Waals surface area contributed by atoms with E-state index in [-0.39, 0.29) is 17.4 Å². The first kappa shape index (κ1) is 19.7. The molecule has 0 bridgehead atoms. The molecule has 152 valence electrons. The van der Waals surface area contributed by atoms with E-state index < -0.39 is 11.7 Å². The van der Waals surface area contributed by atoms with E-state index in [1.807, 2.05) is 13.0 Å². The molecule has 8 heteroatoms. The van der Waals surface area contributed by atoms with Crippen molar-refractivity contribution in [3.05, 3.63) is 75.9 Å². The molecule has 0 aliphatic heterocycles. The van der Waals surface area contributed by atoms with Gasteiger partial charge in [-0.1, -0.05) is 6.07 Å². The number of methoxy groups -OCH3 is 1. The molecular formula is C22H17FN2O4S. The highest BCUT2D eigenvalue weighted by Crippen LogP contribution is 2.35. The van der Waals surface area contributed by atoms with E-state index in [0.717, 1.165) is 4.88 Å². The molecule has 0 unspecified atom stereocenters. The van der Waals surface area contributed by atoms with E-state index in [0.29, 0.717) is 27.2 Å². The van der Waals surface area contributed by atoms with Crippen molar-refractivity contribution in [1.29, 1.82) is 0 Å². The molecule has 0 atom stereocenters. The van der Waals surface area contributed by atoms with Crippen LogP contribution in [0.25, 0.3) is 11.0 Å². The second-order valence-electron chi connectivity index (χ2n) is 6.50. The molecule has 2 aromatic carbocycles. The molecule has 0 saturated carbocycles. The van der Waals surface area contributed by atoms with Crippen molar-refractivity contribution in [3.63, 3.8) is 0 Å². The van der Waals surface area contributed by atoms with Gasteiger partial charge in [0.25, 0.3) is 11.8 Å². The normalized spacial score (nSPS) is 10.8. The SMILES string of the molecule is COc1c(C(=O)Nc2cccc(F)c2)oc2ccc(NC(=O)c3ccc(C)s3)cc12. The molecule has 2 heterocycles. The van der Waals surface area contributed by atoms with Gasteiger partial charge in [-0.2, -0.15) is 0 Å². The number of carbonyl (C=O) groups excluding carboxylic acids is 2. The minimum atomic E-state index is -0.576. The summed E-state index contributed by atoms with van der Waals surface area (Å²) in [4.78, 5) is 26.7. The third-order valence-electron chi connectivity index (χ3n) is 4.36. The van der Waals surface area contributed by atoms with Gasteiger partial charge in [0.2, 0.25) is 5.76 Å². The van der Waals surface area contributed by atoms with Gasteiger partial charge in [-0.05, 0) is 55.5 Å². The number of nitrogens with one attached hydrogen (secondary N) is 2. The van der Waals surface area contributed by atoms with Crippen LogP contribution in [-0.2, 0) is 0 Å². The van der Waals surface area contributed by atoms with Gasteiger partial charge >= 0.3 is 0 Å². The maximum Gasteiger partial charge on any atom is 0.295 e. The van der Waals surface area contributed by atoms with Gasteiger partial charge in [0.05, 0.1) is 17.4 Å². The zero-order chi connectivity index (χ0) is 21.3. The van der Waals surface area contributed by atoms with Gasteiger partial charge in [0, 0.05) is 16.3 Å². The number of hydrogen-bond donors (Lipinski definition) is 2. The number of furan rings is 1. The fraction of sp³-hybridized carbons (Fsp3) is 0.0909. The number of thiophene rings is 1. The Morgan fingerprint density at radius 2 is 1.77 bits per heavy atom. The van der Waals surface area contributed by atoms with Crippen LogP contribution < -0.4 is 15.4 Å². The van der Waals surface area contributed by atoms with Crippen LogP contribution in [0.2, 0.25) is 0 Å². The van der Waals surface area contributed by atoms with E-state index in [1.165, 1.54) is 36.6 Å². The van der Waals surface area contributed by atoms with Gasteiger partial charge in [-0.25, -0.2) is 4.39 Å². The molecule has 6 nitrogen and oxygen atoms in total. The highest BCUT2D eigenvalue weighted by Gasteiger charge is 2.22. The summed E-state index contributed by atoms with van der Waals surface area (Å²) in [6.07, 6.45) is 0. The Hall–Kier alpha value is -3.65. The zero-order valence-corrected chi connectivity index (χ0v) is 16.9. The third kappa shape index (κ3) is 3.90. The molecule has 0 spiro atoms. The van der Waals surface area contributed by atoms with E-state index in [1.54, 1.807) is 30.3 Å². The summed E-state index contributed by atoms with van der Waals surface area (Å²) in [5.74, 6) is -1.09. The van der Waals surface area contributed by atoms with E-state index in [4.69, 9.17) is 9.15 Å². The first-order valence-corrected chi connectivity index (χ1v) is 9.81. The number of carbonyl (C=O) groups is 2. The summed E-state index contributed by atoms with van der Waals surface area (Å²) in [5, 5.41) is 5.95. The molecule has 2 N–H and O–H groups in total. The average molecular weight is 424 g/mol. The van der Waals surface area contributed by atoms with Crippen LogP contribution in [0.3, 0.4) is 0 Å². The monoisotopic (exact) mass is 424 g/mol. The summed E-state index contributed by atoms with van der Waals surface area (Å²) in [7, 11) is 1.42. The molecular weight excluding hydrogens is 407 g/mol. The Morgan fingerprint density at radius 1 is 1.00 bits per heavy atom. The van der Waals surface area contributed by atoms with Crippen LogP contribution in [0, 0.1) is 12.7 Å². The second-order valence-corrected chi connectivity index (χ2v) is 7.79. The lowest BCUT2D eigenvalue weighted by atomic mass is 10.2. The van der Waals surface area contributed by atoms with Crippen molar-refractivity contribution >= 4 is 45.5 Å². The predicted molar refractivity (Wildman–Crippen MR) is 114 cm³/mol. The zero-order valence-electron chi connectivity index (χ0n) is 16.1. The lowest BCUT2D eigenvalue weighted by Gasteiger charge is -2.05. The van der Waals surface area contributed by atoms with Gasteiger partial charge in [-0.3, -0.25) is 9.59 Å². The van der Waals surface area contributed by atoms with Crippen molar-refractivity contribution in [2.75, 3.05) is 17.7 Å². The molecule has 0 saturated heterocycles. The van der Waals surface area contributed by atoms with Crippen molar-refractivity contribution in [3.8, 4) is 5.75 Å². The smallest absolute Gasteiger partial charge is 0.295 e. The van der Waals surface area contributed by atoms with Crippen LogP contribution in [-0.4, -0.2) is 18.9 Å². The van der Waals surface area contributed by atoms with Gasteiger partial charge in [0.15, 0.2) is 5.75 Å². The lowest BCUT2D eigenvalue weighted by Crippen LogP contribution is -2.12. The fourth-order valence-electron chi connectivity index (χ4n) is 3.01. The first-order chi connectivity index (χ1) is 14.4. The van der Waals surface area contributed by atoms with Gasteiger partial charge in [-0.15, -0.1) is 11.3 Å². The number of amides is 2. The van der Waals surface area contributed by atoms with Crippen molar-refractivity contribution in [1.82, 2.24) is 0 Å². The molecule has 0 radical (unpaired) electrons. The number of aryl methyl sites for hydroxylation is 1. The first-order valence-electron chi connectivity index (χ1n) is 9.00. The number of rotatable bonds is 5. The highest BCUT2D eigenvalue weighted by atomic mass is 32.1. The summed E-state index contributed by atoms with van der Waals surface area (Å²) >= 11 is 1.40. The number of benzene rings is 2. The van der Waals surface area contributed by atoms with Crippen LogP contribution in [0.5, 0.6) is 5.75 Å². The Balaban J connectivity index is 1.62. The quantitative estimate of drug-likeness (QED) is 0.446. The number of ether oxygens (including phenoxy) is 1. The largest absolute Gasteiger partial charge is 0.492 e. The Morgan fingerprint density at radius 3 is 2.47 bits per heavy atom. The van der Waals surface area contributed by atoms with Gasteiger partial charge < -0.3 is 19.8 Å². The standard InChI is InChI=1S/C22H17FN2O4S/c1-12-6-9-18(30-12)21(26)24-15-7-8-17-16(11-15)19(28-2)20(29-17)22(27)25-14-5-3-4-13(23)10-14/h3-11H,1-2H3,(H,24,26)(H,25,27). The van der Waals surface area contributed by atoms with Crippen LogP contribution >= 0.6 is 11.3 Å². The molecule has 2 aromatic heterocycles. The minimum Gasteiger partial charge on any atom is -0.492 e. The molecule has 2 amide bonds. The van der Waals surface area contributed by atoms with Crippen molar-refractivity contribution in [2.24, 2.45) is 0 Å². The minimum absolute atomic E-state index is 0.0471. The predicted octanol–water partition coefficient (Wildman–Crippen LogP) is 5.46. The summed E-state index contributed by atoms with van der Waals surface area (Å²) < 4.78 is 24.4. The Kier molecular flexibility index (Phi) is 5.24.